The maximum absolute atomic E-state index is 6.05. The number of hydrogen-bond acceptors (Lipinski definition) is 1. The molecule has 1 unspecified atom stereocenters. The van der Waals surface area contributed by atoms with Crippen LogP contribution >= 0.6 is 11.6 Å². The molecule has 1 rings (SSSR count). The van der Waals surface area contributed by atoms with Crippen LogP contribution in [-0.2, 0) is 4.74 Å². The Balaban J connectivity index is 2.51. The van der Waals surface area contributed by atoms with Crippen LogP contribution in [-0.4, -0.2) is 19.1 Å². The van der Waals surface area contributed by atoms with Gasteiger partial charge < -0.3 is 4.74 Å². The van der Waals surface area contributed by atoms with Crippen LogP contribution in [0.1, 0.15) is 36.8 Å². The first-order valence-corrected chi connectivity index (χ1v) is 6.52. The standard InChI is InChI=1S/C14H21ClO/c1-3-16-10-6-8-13(11-15)14-9-5-4-7-12(14)2/h4-5,7,9,13H,3,6,8,10-11H2,1-2H3. The van der Waals surface area contributed by atoms with Gasteiger partial charge in [-0.3, -0.25) is 0 Å². The van der Waals surface area contributed by atoms with Crippen LogP contribution in [0.3, 0.4) is 0 Å². The fraction of sp³-hybridized carbons (Fsp3) is 0.571. The second-order valence-corrected chi connectivity index (χ2v) is 4.36. The third kappa shape index (κ3) is 4.15. The van der Waals surface area contributed by atoms with Crippen molar-refractivity contribution in [2.24, 2.45) is 0 Å². The van der Waals surface area contributed by atoms with Gasteiger partial charge in [-0.25, -0.2) is 0 Å². The van der Waals surface area contributed by atoms with Crippen LogP contribution in [0.4, 0.5) is 0 Å². The number of halogens is 1. The van der Waals surface area contributed by atoms with Gasteiger partial charge >= 0.3 is 0 Å². The second-order valence-electron chi connectivity index (χ2n) is 4.05. The Bertz CT molecular complexity index is 299. The number of rotatable bonds is 7. The van der Waals surface area contributed by atoms with Gasteiger partial charge in [0.1, 0.15) is 0 Å². The highest BCUT2D eigenvalue weighted by atomic mass is 35.5. The van der Waals surface area contributed by atoms with Crippen molar-refractivity contribution in [3.05, 3.63) is 35.4 Å². The van der Waals surface area contributed by atoms with Gasteiger partial charge in [0.2, 0.25) is 0 Å². The van der Waals surface area contributed by atoms with E-state index in [9.17, 15) is 0 Å². The van der Waals surface area contributed by atoms with Gasteiger partial charge in [0.15, 0.2) is 0 Å². The van der Waals surface area contributed by atoms with E-state index in [2.05, 4.69) is 31.2 Å². The largest absolute Gasteiger partial charge is 0.382 e. The highest BCUT2D eigenvalue weighted by molar-refractivity contribution is 6.18. The zero-order valence-electron chi connectivity index (χ0n) is 10.2. The lowest BCUT2D eigenvalue weighted by atomic mass is 9.92. The first-order valence-electron chi connectivity index (χ1n) is 5.98. The van der Waals surface area contributed by atoms with Gasteiger partial charge in [0, 0.05) is 19.1 Å². The molecule has 1 aromatic rings. The zero-order chi connectivity index (χ0) is 11.8. The normalized spacial score (nSPS) is 12.7. The topological polar surface area (TPSA) is 9.23 Å². The van der Waals surface area contributed by atoms with Gasteiger partial charge in [-0.2, -0.15) is 0 Å². The Kier molecular flexibility index (Phi) is 6.51. The predicted molar refractivity (Wildman–Crippen MR) is 70.4 cm³/mol. The van der Waals surface area contributed by atoms with Crippen molar-refractivity contribution in [3.8, 4) is 0 Å². The summed E-state index contributed by atoms with van der Waals surface area (Å²) in [5, 5.41) is 0. The molecule has 1 aromatic carbocycles. The Morgan fingerprint density at radius 1 is 1.31 bits per heavy atom. The van der Waals surface area contributed by atoms with E-state index >= 15 is 0 Å². The summed E-state index contributed by atoms with van der Waals surface area (Å²) in [6, 6.07) is 8.50. The highest BCUT2D eigenvalue weighted by Gasteiger charge is 2.11. The number of benzene rings is 1. The molecule has 0 aliphatic rings. The number of ether oxygens (including phenoxy) is 1. The van der Waals surface area contributed by atoms with E-state index in [1.807, 2.05) is 6.92 Å². The number of hydrogen-bond donors (Lipinski definition) is 0. The van der Waals surface area contributed by atoms with Crippen LogP contribution in [0, 0.1) is 6.92 Å². The first kappa shape index (κ1) is 13.5. The molecule has 0 radical (unpaired) electrons. The van der Waals surface area contributed by atoms with Gasteiger partial charge in [0.05, 0.1) is 0 Å². The van der Waals surface area contributed by atoms with Gasteiger partial charge in [-0.15, -0.1) is 11.6 Å². The molecular formula is C14H21ClO. The van der Waals surface area contributed by atoms with Crippen LogP contribution in [0.5, 0.6) is 0 Å². The molecule has 0 fully saturated rings. The van der Waals surface area contributed by atoms with E-state index in [1.54, 1.807) is 0 Å². The first-order chi connectivity index (χ1) is 7.79. The van der Waals surface area contributed by atoms with Crippen LogP contribution < -0.4 is 0 Å². The van der Waals surface area contributed by atoms with Crippen molar-refractivity contribution in [2.45, 2.75) is 32.6 Å². The molecule has 0 bridgehead atoms. The average molecular weight is 241 g/mol. The maximum atomic E-state index is 6.05. The summed E-state index contributed by atoms with van der Waals surface area (Å²) in [6.45, 7) is 5.82. The lowest BCUT2D eigenvalue weighted by Crippen LogP contribution is -2.05. The van der Waals surface area contributed by atoms with Crippen molar-refractivity contribution < 1.29 is 4.74 Å². The molecule has 0 amide bonds. The Labute approximate surface area is 104 Å². The fourth-order valence-corrected chi connectivity index (χ4v) is 2.26. The predicted octanol–water partition coefficient (Wildman–Crippen LogP) is 4.13. The second kappa shape index (κ2) is 7.70. The van der Waals surface area contributed by atoms with E-state index in [-0.39, 0.29) is 0 Å². The number of aryl methyl sites for hydroxylation is 1. The monoisotopic (exact) mass is 240 g/mol. The number of alkyl halides is 1. The van der Waals surface area contributed by atoms with E-state index in [4.69, 9.17) is 16.3 Å². The van der Waals surface area contributed by atoms with Crippen LogP contribution in [0.2, 0.25) is 0 Å². The molecule has 2 heteroatoms. The van der Waals surface area contributed by atoms with Crippen molar-refractivity contribution in [1.82, 2.24) is 0 Å². The minimum atomic E-state index is 0.461. The molecule has 16 heavy (non-hydrogen) atoms. The third-order valence-corrected chi connectivity index (χ3v) is 3.23. The van der Waals surface area contributed by atoms with Gasteiger partial charge in [-0.05, 0) is 43.7 Å². The van der Waals surface area contributed by atoms with Crippen LogP contribution in [0.15, 0.2) is 24.3 Å². The summed E-state index contributed by atoms with van der Waals surface area (Å²) in [7, 11) is 0. The fourth-order valence-electron chi connectivity index (χ4n) is 1.94. The quantitative estimate of drug-likeness (QED) is 0.514. The summed E-state index contributed by atoms with van der Waals surface area (Å²) in [5.74, 6) is 1.15. The SMILES string of the molecule is CCOCCCC(CCl)c1ccccc1C. The maximum Gasteiger partial charge on any atom is 0.0466 e. The minimum Gasteiger partial charge on any atom is -0.382 e. The van der Waals surface area contributed by atoms with Crippen LogP contribution in [0.25, 0.3) is 0 Å². The molecule has 90 valence electrons. The molecule has 0 spiro atoms. The molecule has 0 saturated carbocycles. The van der Waals surface area contributed by atoms with E-state index in [1.165, 1.54) is 11.1 Å². The lowest BCUT2D eigenvalue weighted by molar-refractivity contribution is 0.142. The molecule has 1 nitrogen and oxygen atoms in total. The van der Waals surface area contributed by atoms with E-state index < -0.39 is 0 Å². The van der Waals surface area contributed by atoms with E-state index in [0.29, 0.717) is 11.8 Å². The average Bonchev–Trinajstić information content (AvgIpc) is 2.31. The molecule has 0 saturated heterocycles. The molecule has 0 N–H and O–H groups in total. The lowest BCUT2D eigenvalue weighted by Gasteiger charge is -2.16. The van der Waals surface area contributed by atoms with E-state index in [0.717, 1.165) is 26.1 Å². The van der Waals surface area contributed by atoms with Crippen molar-refractivity contribution in [3.63, 3.8) is 0 Å². The Morgan fingerprint density at radius 3 is 2.69 bits per heavy atom. The summed E-state index contributed by atoms with van der Waals surface area (Å²) >= 11 is 6.05. The Morgan fingerprint density at radius 2 is 2.06 bits per heavy atom. The molecular weight excluding hydrogens is 220 g/mol. The van der Waals surface area contributed by atoms with Crippen molar-refractivity contribution in [1.29, 1.82) is 0 Å². The highest BCUT2D eigenvalue weighted by Crippen LogP contribution is 2.25. The molecule has 0 heterocycles. The molecule has 0 aromatic heterocycles. The van der Waals surface area contributed by atoms with Crippen molar-refractivity contribution >= 4 is 11.6 Å². The summed E-state index contributed by atoms with van der Waals surface area (Å²) in [4.78, 5) is 0. The van der Waals surface area contributed by atoms with Gasteiger partial charge in [0.25, 0.3) is 0 Å². The minimum absolute atomic E-state index is 0.461. The smallest absolute Gasteiger partial charge is 0.0466 e. The third-order valence-electron chi connectivity index (χ3n) is 2.86. The summed E-state index contributed by atoms with van der Waals surface area (Å²) in [6.07, 6.45) is 2.19. The molecule has 0 aliphatic carbocycles. The summed E-state index contributed by atoms with van der Waals surface area (Å²) in [5.41, 5.74) is 2.72. The van der Waals surface area contributed by atoms with Crippen molar-refractivity contribution in [2.75, 3.05) is 19.1 Å². The zero-order valence-corrected chi connectivity index (χ0v) is 11.0. The van der Waals surface area contributed by atoms with Gasteiger partial charge in [-0.1, -0.05) is 24.3 Å². The summed E-state index contributed by atoms with van der Waals surface area (Å²) < 4.78 is 5.35. The molecule has 0 aliphatic heterocycles. The molecule has 1 atom stereocenters. The Hall–Kier alpha value is -0.530.